The van der Waals surface area contributed by atoms with Gasteiger partial charge in [-0.2, -0.15) is 0 Å². The van der Waals surface area contributed by atoms with Crippen molar-refractivity contribution in [1.82, 2.24) is 15.5 Å². The third-order valence-corrected chi connectivity index (χ3v) is 4.07. The molecule has 1 aliphatic heterocycles. The lowest BCUT2D eigenvalue weighted by molar-refractivity contribution is -0.123. The van der Waals surface area contributed by atoms with Crippen molar-refractivity contribution in [1.29, 1.82) is 0 Å². The van der Waals surface area contributed by atoms with Crippen molar-refractivity contribution in [2.75, 3.05) is 19.6 Å². The minimum atomic E-state index is 0.162. The third kappa shape index (κ3) is 6.71. The number of rotatable bonds is 8. The molecule has 1 saturated heterocycles. The first-order valence-electron chi connectivity index (χ1n) is 8.29. The Labute approximate surface area is 124 Å². The molecule has 4 heteroatoms. The predicted octanol–water partition coefficient (Wildman–Crippen LogP) is 2.14. The maximum absolute atomic E-state index is 12.1. The molecule has 0 bridgehead atoms. The maximum Gasteiger partial charge on any atom is 0.234 e. The highest BCUT2D eigenvalue weighted by molar-refractivity contribution is 5.78. The minimum Gasteiger partial charge on any atom is -0.353 e. The van der Waals surface area contributed by atoms with E-state index < -0.39 is 0 Å². The summed E-state index contributed by atoms with van der Waals surface area (Å²) in [6.45, 7) is 11.2. The molecule has 20 heavy (non-hydrogen) atoms. The number of nitrogens with one attached hydrogen (secondary N) is 2. The molecule has 0 aromatic rings. The number of nitrogens with zero attached hydrogens (tertiary/aromatic N) is 1. The molecule has 0 aromatic carbocycles. The standard InChI is InChI=1S/C16H33N3O/c1-5-8-14(4)18-16(20)12-19(13(2)3)11-15-9-6-7-10-17-15/h13-15,17H,5-12H2,1-4H3,(H,18,20). The Kier molecular flexibility index (Phi) is 8.15. The second kappa shape index (κ2) is 9.35. The van der Waals surface area contributed by atoms with Gasteiger partial charge in [-0.05, 0) is 46.6 Å². The second-order valence-corrected chi connectivity index (χ2v) is 6.43. The van der Waals surface area contributed by atoms with Crippen LogP contribution >= 0.6 is 0 Å². The van der Waals surface area contributed by atoms with Gasteiger partial charge in [-0.15, -0.1) is 0 Å². The molecule has 1 heterocycles. The molecule has 2 atom stereocenters. The van der Waals surface area contributed by atoms with E-state index in [1.165, 1.54) is 19.3 Å². The molecule has 1 fully saturated rings. The van der Waals surface area contributed by atoms with Crippen LogP contribution in [0.25, 0.3) is 0 Å². The zero-order chi connectivity index (χ0) is 15.0. The van der Waals surface area contributed by atoms with Crippen molar-refractivity contribution < 1.29 is 4.79 Å². The fourth-order valence-electron chi connectivity index (χ4n) is 2.83. The van der Waals surface area contributed by atoms with Gasteiger partial charge < -0.3 is 10.6 Å². The number of carbonyl (C=O) groups is 1. The fraction of sp³-hybridized carbons (Fsp3) is 0.938. The van der Waals surface area contributed by atoms with Gasteiger partial charge >= 0.3 is 0 Å². The summed E-state index contributed by atoms with van der Waals surface area (Å²) in [6.07, 6.45) is 5.99. The number of amides is 1. The number of piperidine rings is 1. The van der Waals surface area contributed by atoms with Crippen LogP contribution < -0.4 is 10.6 Å². The summed E-state index contributed by atoms with van der Waals surface area (Å²) in [4.78, 5) is 14.4. The highest BCUT2D eigenvalue weighted by Crippen LogP contribution is 2.10. The van der Waals surface area contributed by atoms with Gasteiger partial charge in [0.15, 0.2) is 0 Å². The van der Waals surface area contributed by atoms with Crippen LogP contribution in [0.5, 0.6) is 0 Å². The fourth-order valence-corrected chi connectivity index (χ4v) is 2.83. The van der Waals surface area contributed by atoms with E-state index in [0.717, 1.165) is 25.9 Å². The quantitative estimate of drug-likeness (QED) is 0.717. The summed E-state index contributed by atoms with van der Waals surface area (Å²) in [5, 5.41) is 6.67. The van der Waals surface area contributed by atoms with E-state index in [-0.39, 0.29) is 11.9 Å². The molecule has 4 nitrogen and oxygen atoms in total. The Hall–Kier alpha value is -0.610. The summed E-state index contributed by atoms with van der Waals surface area (Å²) in [5.41, 5.74) is 0. The lowest BCUT2D eigenvalue weighted by atomic mass is 10.0. The van der Waals surface area contributed by atoms with Crippen LogP contribution in [0.3, 0.4) is 0 Å². The lowest BCUT2D eigenvalue weighted by Crippen LogP contribution is -2.49. The molecule has 1 aliphatic rings. The van der Waals surface area contributed by atoms with Gasteiger partial charge in [0, 0.05) is 24.7 Å². The van der Waals surface area contributed by atoms with Gasteiger partial charge in [0.05, 0.1) is 6.54 Å². The maximum atomic E-state index is 12.1. The summed E-state index contributed by atoms with van der Waals surface area (Å²) in [5.74, 6) is 0.162. The van der Waals surface area contributed by atoms with Crippen molar-refractivity contribution >= 4 is 5.91 Å². The molecule has 1 rings (SSSR count). The minimum absolute atomic E-state index is 0.162. The van der Waals surface area contributed by atoms with E-state index in [0.29, 0.717) is 18.6 Å². The summed E-state index contributed by atoms with van der Waals surface area (Å²) in [6, 6.07) is 1.24. The van der Waals surface area contributed by atoms with E-state index in [1.54, 1.807) is 0 Å². The van der Waals surface area contributed by atoms with Crippen LogP contribution in [0.4, 0.5) is 0 Å². The van der Waals surface area contributed by atoms with Gasteiger partial charge in [0.25, 0.3) is 0 Å². The van der Waals surface area contributed by atoms with Gasteiger partial charge in [-0.25, -0.2) is 0 Å². The van der Waals surface area contributed by atoms with E-state index in [9.17, 15) is 4.79 Å². The van der Waals surface area contributed by atoms with Crippen LogP contribution in [0.2, 0.25) is 0 Å². The molecule has 1 amide bonds. The SMILES string of the molecule is CCCC(C)NC(=O)CN(CC1CCCCN1)C(C)C. The molecule has 2 unspecified atom stereocenters. The smallest absolute Gasteiger partial charge is 0.234 e. The first kappa shape index (κ1) is 17.4. The van der Waals surface area contributed by atoms with Gasteiger partial charge in [0.1, 0.15) is 0 Å². The first-order chi connectivity index (χ1) is 9.52. The average molecular weight is 283 g/mol. The zero-order valence-corrected chi connectivity index (χ0v) is 13.7. The largest absolute Gasteiger partial charge is 0.353 e. The van der Waals surface area contributed by atoms with Crippen LogP contribution in [0.1, 0.15) is 59.8 Å². The van der Waals surface area contributed by atoms with Crippen molar-refractivity contribution in [2.24, 2.45) is 0 Å². The van der Waals surface area contributed by atoms with E-state index in [4.69, 9.17) is 0 Å². The number of carbonyl (C=O) groups excluding carboxylic acids is 1. The van der Waals surface area contributed by atoms with Crippen molar-refractivity contribution in [2.45, 2.75) is 77.9 Å². The zero-order valence-electron chi connectivity index (χ0n) is 13.7. The van der Waals surface area contributed by atoms with Crippen LogP contribution in [0.15, 0.2) is 0 Å². The third-order valence-electron chi connectivity index (χ3n) is 4.07. The van der Waals surface area contributed by atoms with Crippen molar-refractivity contribution in [3.8, 4) is 0 Å². The molecule has 0 aliphatic carbocycles. The Morgan fingerprint density at radius 2 is 2.10 bits per heavy atom. The Morgan fingerprint density at radius 1 is 1.35 bits per heavy atom. The molecule has 2 N–H and O–H groups in total. The predicted molar refractivity (Wildman–Crippen MR) is 84.9 cm³/mol. The Bertz CT molecular complexity index is 275. The molecule has 0 radical (unpaired) electrons. The monoisotopic (exact) mass is 283 g/mol. The number of hydrogen-bond donors (Lipinski definition) is 2. The van der Waals surface area contributed by atoms with Crippen molar-refractivity contribution in [3.63, 3.8) is 0 Å². The Morgan fingerprint density at radius 3 is 2.65 bits per heavy atom. The highest BCUT2D eigenvalue weighted by Gasteiger charge is 2.20. The average Bonchev–Trinajstić information content (AvgIpc) is 2.39. The summed E-state index contributed by atoms with van der Waals surface area (Å²) in [7, 11) is 0. The Balaban J connectivity index is 2.39. The van der Waals surface area contributed by atoms with E-state index in [1.807, 2.05) is 0 Å². The lowest BCUT2D eigenvalue weighted by Gasteiger charge is -2.33. The second-order valence-electron chi connectivity index (χ2n) is 6.43. The van der Waals surface area contributed by atoms with Gasteiger partial charge in [-0.1, -0.05) is 19.8 Å². The molecule has 118 valence electrons. The molecule has 0 spiro atoms. The van der Waals surface area contributed by atoms with Gasteiger partial charge in [-0.3, -0.25) is 9.69 Å². The molecule has 0 aromatic heterocycles. The first-order valence-corrected chi connectivity index (χ1v) is 8.29. The topological polar surface area (TPSA) is 44.4 Å². The van der Waals surface area contributed by atoms with Crippen LogP contribution in [-0.2, 0) is 4.79 Å². The molecular formula is C16H33N3O. The highest BCUT2D eigenvalue weighted by atomic mass is 16.2. The van der Waals surface area contributed by atoms with E-state index in [2.05, 4.69) is 43.2 Å². The molecule has 0 saturated carbocycles. The summed E-state index contributed by atoms with van der Waals surface area (Å²) >= 11 is 0. The molecular weight excluding hydrogens is 250 g/mol. The summed E-state index contributed by atoms with van der Waals surface area (Å²) < 4.78 is 0. The number of hydrogen-bond acceptors (Lipinski definition) is 3. The van der Waals surface area contributed by atoms with E-state index >= 15 is 0 Å². The van der Waals surface area contributed by atoms with Gasteiger partial charge in [0.2, 0.25) is 5.91 Å². The van der Waals surface area contributed by atoms with Crippen molar-refractivity contribution in [3.05, 3.63) is 0 Å². The van der Waals surface area contributed by atoms with Crippen LogP contribution in [-0.4, -0.2) is 48.6 Å². The van der Waals surface area contributed by atoms with Crippen LogP contribution in [0, 0.1) is 0 Å². The normalized spacial score (nSPS) is 21.2.